The van der Waals surface area contributed by atoms with E-state index < -0.39 is 5.97 Å². The lowest BCUT2D eigenvalue weighted by Gasteiger charge is -2.07. The summed E-state index contributed by atoms with van der Waals surface area (Å²) in [4.78, 5) is 10.1. The summed E-state index contributed by atoms with van der Waals surface area (Å²) in [7, 11) is 0. The number of rotatable bonds is 10. The molecule has 90 valence electrons. The lowest BCUT2D eigenvalue weighted by molar-refractivity contribution is -0.142. The van der Waals surface area contributed by atoms with Crippen LogP contribution >= 0.6 is 0 Å². The van der Waals surface area contributed by atoms with Gasteiger partial charge in [-0.3, -0.25) is 0 Å². The Balaban J connectivity index is 2.96. The van der Waals surface area contributed by atoms with Gasteiger partial charge >= 0.3 is 5.97 Å². The zero-order valence-electron chi connectivity index (χ0n) is 9.40. The minimum absolute atomic E-state index is 0.271. The Morgan fingerprint density at radius 1 is 1.07 bits per heavy atom. The summed E-state index contributed by atoms with van der Waals surface area (Å²) < 4.78 is 15.2. The van der Waals surface area contributed by atoms with E-state index in [4.69, 9.17) is 19.3 Å². The summed E-state index contributed by atoms with van der Waals surface area (Å²) in [5, 5.41) is 8.25. The van der Waals surface area contributed by atoms with Crippen molar-refractivity contribution in [3.05, 3.63) is 0 Å². The fraction of sp³-hybridized carbons (Fsp3) is 0.900. The van der Waals surface area contributed by atoms with E-state index in [-0.39, 0.29) is 6.61 Å². The van der Waals surface area contributed by atoms with Crippen molar-refractivity contribution >= 4 is 5.97 Å². The van der Waals surface area contributed by atoms with E-state index in [1.54, 1.807) is 0 Å². The van der Waals surface area contributed by atoms with Crippen molar-refractivity contribution in [3.63, 3.8) is 0 Å². The van der Waals surface area contributed by atoms with Gasteiger partial charge in [0.2, 0.25) is 0 Å². The molecule has 0 bridgehead atoms. The van der Waals surface area contributed by atoms with E-state index in [2.05, 4.69) is 13.8 Å². The predicted octanol–water partition coefficient (Wildman–Crippen LogP) is 0.777. The molecule has 0 radical (unpaired) electrons. The minimum Gasteiger partial charge on any atom is -0.480 e. The first-order valence-electron chi connectivity index (χ1n) is 5.08. The summed E-state index contributed by atoms with van der Waals surface area (Å²) in [5.41, 5.74) is 0. The highest BCUT2D eigenvalue weighted by atomic mass is 16.5. The summed E-state index contributed by atoms with van der Waals surface area (Å²) in [6.45, 7) is 6.42. The molecule has 0 aliphatic carbocycles. The highest BCUT2D eigenvalue weighted by molar-refractivity contribution is 5.67. The van der Waals surface area contributed by atoms with E-state index in [0.717, 1.165) is 6.61 Å². The summed E-state index contributed by atoms with van der Waals surface area (Å²) in [6, 6.07) is 0. The third kappa shape index (κ3) is 13.3. The molecule has 0 heterocycles. The van der Waals surface area contributed by atoms with Crippen molar-refractivity contribution in [2.75, 3.05) is 39.6 Å². The smallest absolute Gasteiger partial charge is 0.329 e. The average molecular weight is 220 g/mol. The molecule has 0 aromatic carbocycles. The second-order valence-corrected chi connectivity index (χ2v) is 3.53. The zero-order valence-corrected chi connectivity index (χ0v) is 9.40. The molecule has 0 aliphatic heterocycles. The van der Waals surface area contributed by atoms with Crippen LogP contribution in [-0.2, 0) is 19.0 Å². The highest BCUT2D eigenvalue weighted by Gasteiger charge is 1.96. The van der Waals surface area contributed by atoms with E-state index >= 15 is 0 Å². The number of aliphatic carboxylic acids is 1. The van der Waals surface area contributed by atoms with Gasteiger partial charge in [-0.25, -0.2) is 4.79 Å². The van der Waals surface area contributed by atoms with Crippen LogP contribution in [-0.4, -0.2) is 50.7 Å². The first kappa shape index (κ1) is 14.3. The first-order chi connectivity index (χ1) is 7.13. The second kappa shape index (κ2) is 9.89. The van der Waals surface area contributed by atoms with Crippen LogP contribution in [0.5, 0.6) is 0 Å². The van der Waals surface area contributed by atoms with Gasteiger partial charge in [0.25, 0.3) is 0 Å². The van der Waals surface area contributed by atoms with Crippen molar-refractivity contribution in [1.29, 1.82) is 0 Å². The van der Waals surface area contributed by atoms with Crippen molar-refractivity contribution in [2.45, 2.75) is 13.8 Å². The second-order valence-electron chi connectivity index (χ2n) is 3.53. The predicted molar refractivity (Wildman–Crippen MR) is 54.9 cm³/mol. The maximum Gasteiger partial charge on any atom is 0.329 e. The number of hydrogen-bond donors (Lipinski definition) is 1. The molecule has 0 amide bonds. The number of carboxylic acids is 1. The topological polar surface area (TPSA) is 65.0 Å². The molecule has 0 atom stereocenters. The zero-order chi connectivity index (χ0) is 11.5. The molecular formula is C10H20O5. The van der Waals surface area contributed by atoms with Gasteiger partial charge in [-0.1, -0.05) is 13.8 Å². The molecule has 1 N–H and O–H groups in total. The van der Waals surface area contributed by atoms with Crippen LogP contribution in [0.2, 0.25) is 0 Å². The van der Waals surface area contributed by atoms with Gasteiger partial charge in [0.1, 0.15) is 6.61 Å². The fourth-order valence-electron chi connectivity index (χ4n) is 0.816. The van der Waals surface area contributed by atoms with E-state index in [9.17, 15) is 4.79 Å². The van der Waals surface area contributed by atoms with Crippen LogP contribution in [0.15, 0.2) is 0 Å². The van der Waals surface area contributed by atoms with E-state index in [0.29, 0.717) is 32.3 Å². The van der Waals surface area contributed by atoms with E-state index in [1.807, 2.05) is 0 Å². The first-order valence-corrected chi connectivity index (χ1v) is 5.08. The van der Waals surface area contributed by atoms with Crippen molar-refractivity contribution in [2.24, 2.45) is 5.92 Å². The maximum atomic E-state index is 10.1. The Kier molecular flexibility index (Phi) is 9.46. The molecule has 0 rings (SSSR count). The monoisotopic (exact) mass is 220 g/mol. The Labute approximate surface area is 90.3 Å². The largest absolute Gasteiger partial charge is 0.480 e. The summed E-state index contributed by atoms with van der Waals surface area (Å²) in [6.07, 6.45) is 0. The lowest BCUT2D eigenvalue weighted by atomic mass is 10.2. The van der Waals surface area contributed by atoms with Crippen molar-refractivity contribution < 1.29 is 24.1 Å². The van der Waals surface area contributed by atoms with Gasteiger partial charge < -0.3 is 19.3 Å². The van der Waals surface area contributed by atoms with Crippen molar-refractivity contribution in [3.8, 4) is 0 Å². The molecule has 0 aromatic rings. The molecule has 0 spiro atoms. The van der Waals surface area contributed by atoms with Gasteiger partial charge in [-0.2, -0.15) is 0 Å². The molecule has 5 nitrogen and oxygen atoms in total. The third-order valence-electron chi connectivity index (χ3n) is 1.42. The Bertz CT molecular complexity index is 158. The molecule has 0 fully saturated rings. The summed E-state index contributed by atoms with van der Waals surface area (Å²) in [5.74, 6) is -0.431. The lowest BCUT2D eigenvalue weighted by Crippen LogP contribution is -2.14. The maximum absolute atomic E-state index is 10.1. The van der Waals surface area contributed by atoms with E-state index in [1.165, 1.54) is 0 Å². The van der Waals surface area contributed by atoms with Gasteiger partial charge in [0, 0.05) is 6.61 Å². The molecule has 5 heteroatoms. The number of carbonyl (C=O) groups is 1. The van der Waals surface area contributed by atoms with Gasteiger partial charge in [0.15, 0.2) is 0 Å². The Morgan fingerprint density at radius 2 is 1.60 bits per heavy atom. The highest BCUT2D eigenvalue weighted by Crippen LogP contribution is 1.91. The number of ether oxygens (including phenoxy) is 3. The molecule has 0 saturated carbocycles. The van der Waals surface area contributed by atoms with Crippen LogP contribution in [0, 0.1) is 5.92 Å². The molecule has 0 saturated heterocycles. The summed E-state index contributed by atoms with van der Waals surface area (Å²) >= 11 is 0. The quantitative estimate of drug-likeness (QED) is 0.551. The Morgan fingerprint density at radius 3 is 2.13 bits per heavy atom. The van der Waals surface area contributed by atoms with Gasteiger partial charge in [-0.05, 0) is 5.92 Å². The molecular weight excluding hydrogens is 200 g/mol. The van der Waals surface area contributed by atoms with Crippen LogP contribution < -0.4 is 0 Å². The third-order valence-corrected chi connectivity index (χ3v) is 1.42. The van der Waals surface area contributed by atoms with Crippen LogP contribution in [0.25, 0.3) is 0 Å². The molecule has 0 unspecified atom stereocenters. The minimum atomic E-state index is -0.963. The number of hydrogen-bond acceptors (Lipinski definition) is 4. The fourth-order valence-corrected chi connectivity index (χ4v) is 0.816. The number of carboxylic acid groups (broad SMARTS) is 1. The normalized spacial score (nSPS) is 10.9. The van der Waals surface area contributed by atoms with Crippen LogP contribution in [0.1, 0.15) is 13.8 Å². The van der Waals surface area contributed by atoms with Crippen LogP contribution in [0.4, 0.5) is 0 Å². The molecule has 15 heavy (non-hydrogen) atoms. The van der Waals surface area contributed by atoms with Crippen molar-refractivity contribution in [1.82, 2.24) is 0 Å². The Hall–Kier alpha value is -0.650. The molecule has 0 aromatic heterocycles. The van der Waals surface area contributed by atoms with Gasteiger partial charge in [-0.15, -0.1) is 0 Å². The average Bonchev–Trinajstić information content (AvgIpc) is 2.14. The molecule has 0 aliphatic rings. The van der Waals surface area contributed by atoms with Crippen LogP contribution in [0.3, 0.4) is 0 Å². The van der Waals surface area contributed by atoms with Gasteiger partial charge in [0.05, 0.1) is 26.4 Å². The standard InChI is InChI=1S/C10H20O5/c1-9(2)7-14-5-3-13-4-6-15-8-10(11)12/h9H,3-8H2,1-2H3,(H,11,12). The SMILES string of the molecule is CC(C)COCCOCCOCC(=O)O.